The van der Waals surface area contributed by atoms with Crippen LogP contribution in [0.5, 0.6) is 0 Å². The Morgan fingerprint density at radius 2 is 2.17 bits per heavy atom. The second kappa shape index (κ2) is 6.07. The van der Waals surface area contributed by atoms with Crippen LogP contribution in [-0.2, 0) is 4.74 Å². The molecule has 1 saturated carbocycles. The largest absolute Gasteiger partial charge is 0.375 e. The normalized spacial score (nSPS) is 17.6. The Bertz CT molecular complexity index is 415. The molecule has 0 radical (unpaired) electrons. The van der Waals surface area contributed by atoms with E-state index in [0.717, 1.165) is 5.56 Å². The average molecular weight is 268 g/mol. The van der Waals surface area contributed by atoms with Crippen LogP contribution in [0.15, 0.2) is 29.3 Å². The van der Waals surface area contributed by atoms with E-state index in [4.69, 9.17) is 22.1 Å². The second-order valence-electron chi connectivity index (χ2n) is 4.42. The molecule has 2 rings (SSSR count). The quantitative estimate of drug-likeness (QED) is 0.634. The number of nitrogens with zero attached hydrogens (tertiary/aromatic N) is 1. The number of guanidine groups is 1. The molecule has 1 atom stereocenters. The highest BCUT2D eigenvalue weighted by molar-refractivity contribution is 6.30. The summed E-state index contributed by atoms with van der Waals surface area (Å²) in [4.78, 5) is 4.30. The first kappa shape index (κ1) is 13.2. The van der Waals surface area contributed by atoms with Gasteiger partial charge in [-0.25, -0.2) is 0 Å². The number of hydrogen-bond acceptors (Lipinski definition) is 2. The van der Waals surface area contributed by atoms with Crippen molar-refractivity contribution in [3.63, 3.8) is 0 Å². The standard InChI is InChI=1S/C13H18ClN3O/c1-18-12(9-2-4-10(14)5-3-9)8-16-13(15)17-11-6-7-11/h2-5,11-12H,6-8H2,1H3,(H3,15,16,17). The zero-order chi connectivity index (χ0) is 13.0. The lowest BCUT2D eigenvalue weighted by molar-refractivity contribution is 0.111. The van der Waals surface area contributed by atoms with Gasteiger partial charge in [0.15, 0.2) is 5.96 Å². The number of methoxy groups -OCH3 is 1. The van der Waals surface area contributed by atoms with Gasteiger partial charge in [0.05, 0.1) is 6.54 Å². The van der Waals surface area contributed by atoms with Gasteiger partial charge in [-0.05, 0) is 30.5 Å². The van der Waals surface area contributed by atoms with E-state index < -0.39 is 0 Å². The number of benzene rings is 1. The first-order valence-electron chi connectivity index (χ1n) is 6.03. The van der Waals surface area contributed by atoms with Gasteiger partial charge in [-0.3, -0.25) is 4.99 Å². The highest BCUT2D eigenvalue weighted by Gasteiger charge is 2.21. The van der Waals surface area contributed by atoms with Gasteiger partial charge in [-0.15, -0.1) is 0 Å². The van der Waals surface area contributed by atoms with Crippen molar-refractivity contribution in [1.29, 1.82) is 0 Å². The minimum Gasteiger partial charge on any atom is -0.375 e. The molecule has 0 amide bonds. The third-order valence-corrected chi connectivity index (χ3v) is 3.14. The third kappa shape index (κ3) is 3.89. The number of nitrogens with one attached hydrogen (secondary N) is 1. The molecule has 3 N–H and O–H groups in total. The zero-order valence-corrected chi connectivity index (χ0v) is 11.2. The molecule has 0 spiro atoms. The summed E-state index contributed by atoms with van der Waals surface area (Å²) in [5.74, 6) is 0.494. The van der Waals surface area contributed by atoms with E-state index in [1.807, 2.05) is 24.3 Å². The lowest BCUT2D eigenvalue weighted by Gasteiger charge is -2.14. The minimum absolute atomic E-state index is 0.0955. The Labute approximate surface area is 112 Å². The molecule has 1 aromatic carbocycles. The summed E-state index contributed by atoms with van der Waals surface area (Å²) in [6.45, 7) is 0.504. The molecule has 1 fully saturated rings. The van der Waals surface area contributed by atoms with Gasteiger partial charge in [0.2, 0.25) is 0 Å². The minimum atomic E-state index is -0.0955. The average Bonchev–Trinajstić information content (AvgIpc) is 3.16. The van der Waals surface area contributed by atoms with Crippen LogP contribution in [0, 0.1) is 0 Å². The Kier molecular flexibility index (Phi) is 4.44. The summed E-state index contributed by atoms with van der Waals surface area (Å²) >= 11 is 5.85. The lowest BCUT2D eigenvalue weighted by atomic mass is 10.1. The molecule has 0 aliphatic heterocycles. The van der Waals surface area contributed by atoms with Gasteiger partial charge in [0.25, 0.3) is 0 Å². The summed E-state index contributed by atoms with van der Waals surface area (Å²) < 4.78 is 5.41. The van der Waals surface area contributed by atoms with Crippen LogP contribution in [0.4, 0.5) is 0 Å². The van der Waals surface area contributed by atoms with Gasteiger partial charge in [-0.1, -0.05) is 23.7 Å². The second-order valence-corrected chi connectivity index (χ2v) is 4.86. The third-order valence-electron chi connectivity index (χ3n) is 2.88. The number of hydrogen-bond donors (Lipinski definition) is 2. The molecular weight excluding hydrogens is 250 g/mol. The fourth-order valence-electron chi connectivity index (χ4n) is 1.66. The monoisotopic (exact) mass is 267 g/mol. The molecule has 1 aliphatic rings. The first-order valence-corrected chi connectivity index (χ1v) is 6.41. The number of ether oxygens (including phenoxy) is 1. The van der Waals surface area contributed by atoms with E-state index in [0.29, 0.717) is 23.6 Å². The van der Waals surface area contributed by atoms with Crippen LogP contribution in [0.1, 0.15) is 24.5 Å². The zero-order valence-electron chi connectivity index (χ0n) is 10.4. The topological polar surface area (TPSA) is 59.6 Å². The number of rotatable bonds is 5. The van der Waals surface area contributed by atoms with Crippen LogP contribution in [0.2, 0.25) is 5.02 Å². The van der Waals surface area contributed by atoms with Crippen LogP contribution < -0.4 is 11.1 Å². The van der Waals surface area contributed by atoms with E-state index in [9.17, 15) is 0 Å². The van der Waals surface area contributed by atoms with Crippen molar-refractivity contribution in [2.24, 2.45) is 10.7 Å². The molecule has 1 aromatic rings. The summed E-state index contributed by atoms with van der Waals surface area (Å²) in [6.07, 6.45) is 2.27. The van der Waals surface area contributed by atoms with Gasteiger partial charge >= 0.3 is 0 Å². The maximum Gasteiger partial charge on any atom is 0.188 e. The van der Waals surface area contributed by atoms with Crippen LogP contribution in [0.25, 0.3) is 0 Å². The fraction of sp³-hybridized carbons (Fsp3) is 0.462. The van der Waals surface area contributed by atoms with Crippen molar-refractivity contribution in [2.75, 3.05) is 13.7 Å². The maximum atomic E-state index is 5.85. The summed E-state index contributed by atoms with van der Waals surface area (Å²) in [6, 6.07) is 8.09. The smallest absolute Gasteiger partial charge is 0.188 e. The lowest BCUT2D eigenvalue weighted by Crippen LogP contribution is -2.33. The maximum absolute atomic E-state index is 5.85. The number of aliphatic imine (C=N–C) groups is 1. The molecule has 0 aromatic heterocycles. The molecule has 0 heterocycles. The van der Waals surface area contributed by atoms with Crippen molar-refractivity contribution in [3.8, 4) is 0 Å². The van der Waals surface area contributed by atoms with Crippen molar-refractivity contribution in [3.05, 3.63) is 34.9 Å². The Morgan fingerprint density at radius 3 is 2.72 bits per heavy atom. The van der Waals surface area contributed by atoms with Gasteiger partial charge in [0, 0.05) is 18.2 Å². The molecule has 1 unspecified atom stereocenters. The molecular formula is C13H18ClN3O. The highest BCUT2D eigenvalue weighted by Crippen LogP contribution is 2.20. The predicted molar refractivity (Wildman–Crippen MR) is 73.8 cm³/mol. The molecule has 1 aliphatic carbocycles. The first-order chi connectivity index (χ1) is 8.69. The van der Waals surface area contributed by atoms with E-state index in [1.54, 1.807) is 7.11 Å². The van der Waals surface area contributed by atoms with Crippen LogP contribution in [-0.4, -0.2) is 25.7 Å². The van der Waals surface area contributed by atoms with Gasteiger partial charge in [0.1, 0.15) is 6.10 Å². The van der Waals surface area contributed by atoms with E-state index in [1.165, 1.54) is 12.8 Å². The Balaban J connectivity index is 1.93. The summed E-state index contributed by atoms with van der Waals surface area (Å²) in [7, 11) is 1.67. The van der Waals surface area contributed by atoms with E-state index >= 15 is 0 Å². The highest BCUT2D eigenvalue weighted by atomic mass is 35.5. The molecule has 0 saturated heterocycles. The number of halogens is 1. The Hall–Kier alpha value is -1.26. The predicted octanol–water partition coefficient (Wildman–Crippen LogP) is 2.09. The van der Waals surface area contributed by atoms with E-state index in [2.05, 4.69) is 10.3 Å². The van der Waals surface area contributed by atoms with Crippen LogP contribution >= 0.6 is 11.6 Å². The summed E-state index contributed by atoms with van der Waals surface area (Å²) in [5, 5.41) is 3.86. The molecule has 98 valence electrons. The molecule has 4 nitrogen and oxygen atoms in total. The van der Waals surface area contributed by atoms with Crippen molar-refractivity contribution in [1.82, 2.24) is 5.32 Å². The van der Waals surface area contributed by atoms with Gasteiger partial charge < -0.3 is 15.8 Å². The number of nitrogens with two attached hydrogens (primary N) is 1. The molecule has 5 heteroatoms. The Morgan fingerprint density at radius 1 is 1.50 bits per heavy atom. The van der Waals surface area contributed by atoms with E-state index in [-0.39, 0.29) is 6.10 Å². The van der Waals surface area contributed by atoms with Crippen LogP contribution in [0.3, 0.4) is 0 Å². The summed E-state index contributed by atoms with van der Waals surface area (Å²) in [5.41, 5.74) is 6.83. The molecule has 0 bridgehead atoms. The fourth-order valence-corrected chi connectivity index (χ4v) is 1.78. The van der Waals surface area contributed by atoms with Crippen molar-refractivity contribution < 1.29 is 4.74 Å². The SMILES string of the molecule is COC(CN=C(N)NC1CC1)c1ccc(Cl)cc1. The van der Waals surface area contributed by atoms with Crippen molar-refractivity contribution in [2.45, 2.75) is 25.0 Å². The van der Waals surface area contributed by atoms with Crippen molar-refractivity contribution >= 4 is 17.6 Å². The molecule has 18 heavy (non-hydrogen) atoms. The van der Waals surface area contributed by atoms with Gasteiger partial charge in [-0.2, -0.15) is 0 Å².